The van der Waals surface area contributed by atoms with Gasteiger partial charge in [0.1, 0.15) is 0 Å². The zero-order valence-electron chi connectivity index (χ0n) is 19.3. The second kappa shape index (κ2) is 8.16. The number of nitrogens with zero attached hydrogens (tertiary/aromatic N) is 3. The average Bonchev–Trinajstić information content (AvgIpc) is 3.41. The minimum Gasteiger partial charge on any atom is -0.376 e. The Morgan fingerprint density at radius 3 is 2.81 bits per heavy atom. The number of nitrogens with one attached hydrogen (secondary N) is 1. The molecular weight excluding hydrogens is 416 g/mol. The molecule has 5 rings (SSSR count). The monoisotopic (exact) mass is 448 g/mol. The number of thiocarbonyl (C=S) groups is 1. The Labute approximate surface area is 196 Å². The first-order chi connectivity index (χ1) is 15.3. The molecule has 2 aromatic rings. The number of allylic oxidation sites excluding steroid dienone is 1. The van der Waals surface area contributed by atoms with Crippen LogP contribution in [0.15, 0.2) is 48.7 Å². The normalized spacial score (nSPS) is 26.7. The van der Waals surface area contributed by atoms with Crippen LogP contribution in [0.25, 0.3) is 5.57 Å². The van der Waals surface area contributed by atoms with Crippen molar-refractivity contribution in [3.8, 4) is 0 Å². The van der Waals surface area contributed by atoms with Gasteiger partial charge in [-0.25, -0.2) is 0 Å². The summed E-state index contributed by atoms with van der Waals surface area (Å²) in [5, 5.41) is 4.35. The van der Waals surface area contributed by atoms with Gasteiger partial charge < -0.3 is 19.9 Å². The van der Waals surface area contributed by atoms with Crippen molar-refractivity contribution in [1.82, 2.24) is 15.2 Å². The third-order valence-electron chi connectivity index (χ3n) is 7.20. The molecule has 0 saturated carbocycles. The van der Waals surface area contributed by atoms with E-state index in [0.717, 1.165) is 36.8 Å². The van der Waals surface area contributed by atoms with Gasteiger partial charge in [-0.1, -0.05) is 18.2 Å². The molecule has 0 radical (unpaired) electrons. The summed E-state index contributed by atoms with van der Waals surface area (Å²) >= 11 is 5.83. The molecule has 0 aliphatic carbocycles. The van der Waals surface area contributed by atoms with Crippen molar-refractivity contribution in [2.24, 2.45) is 0 Å². The van der Waals surface area contributed by atoms with E-state index in [0.29, 0.717) is 0 Å². The number of aromatic nitrogens is 1. The van der Waals surface area contributed by atoms with E-state index >= 15 is 0 Å². The number of rotatable bonds is 4. The maximum Gasteiger partial charge on any atom is 0.170 e. The lowest BCUT2D eigenvalue weighted by Crippen LogP contribution is -2.42. The highest BCUT2D eigenvalue weighted by Gasteiger charge is 2.41. The zero-order valence-corrected chi connectivity index (χ0v) is 20.2. The number of fused-ring (bicyclic) bond motifs is 1. The molecule has 0 bridgehead atoms. The van der Waals surface area contributed by atoms with Gasteiger partial charge in [-0.3, -0.25) is 4.98 Å². The van der Waals surface area contributed by atoms with Gasteiger partial charge in [-0.05, 0) is 81.2 Å². The molecular formula is C26H32N4OS. The summed E-state index contributed by atoms with van der Waals surface area (Å²) in [6.07, 6.45) is 6.66. The summed E-state index contributed by atoms with van der Waals surface area (Å²) in [5.41, 5.74) is 6.14. The lowest BCUT2D eigenvalue weighted by molar-refractivity contribution is 0.0842. The molecule has 1 aromatic heterocycles. The van der Waals surface area contributed by atoms with Gasteiger partial charge in [0.2, 0.25) is 0 Å². The van der Waals surface area contributed by atoms with Gasteiger partial charge in [-0.2, -0.15) is 0 Å². The van der Waals surface area contributed by atoms with E-state index in [1.54, 1.807) is 0 Å². The van der Waals surface area contributed by atoms with Crippen LogP contribution in [-0.2, 0) is 4.74 Å². The van der Waals surface area contributed by atoms with Gasteiger partial charge in [0.05, 0.1) is 29.4 Å². The Hall–Kier alpha value is -2.44. The van der Waals surface area contributed by atoms with E-state index in [2.05, 4.69) is 78.3 Å². The molecule has 32 heavy (non-hydrogen) atoms. The smallest absolute Gasteiger partial charge is 0.170 e. The fourth-order valence-corrected chi connectivity index (χ4v) is 5.65. The third-order valence-corrected chi connectivity index (χ3v) is 7.56. The average molecular weight is 449 g/mol. The Bertz CT molecular complexity index is 1050. The summed E-state index contributed by atoms with van der Waals surface area (Å²) < 4.78 is 5.97. The summed E-state index contributed by atoms with van der Waals surface area (Å²) in [5.74, 6) is 0. The minimum atomic E-state index is -0.00256. The molecule has 3 atom stereocenters. The lowest BCUT2D eigenvalue weighted by atomic mass is 9.86. The van der Waals surface area contributed by atoms with Gasteiger partial charge >= 0.3 is 0 Å². The maximum absolute atomic E-state index is 5.97. The molecule has 3 aliphatic heterocycles. The molecule has 1 N–H and O–H groups in total. The molecule has 5 nitrogen and oxygen atoms in total. The van der Waals surface area contributed by atoms with Gasteiger partial charge in [-0.15, -0.1) is 0 Å². The standard InChI is InChI=1S/C26H32N4OS/c1-17-15-26(2,3)29(4)22-11-10-18(14-20(17)22)24-23(21-9-5-6-12-27-21)28-25(32)30(24)16-19-8-7-13-31-19/h5-6,9-12,14-15,19,23-24H,7-8,13,16H2,1-4H3,(H,28,32)/t19-,23+,24+/m0/s1. The van der Waals surface area contributed by atoms with Crippen molar-refractivity contribution in [3.63, 3.8) is 0 Å². The van der Waals surface area contributed by atoms with Gasteiger partial charge in [0.15, 0.2) is 5.11 Å². The van der Waals surface area contributed by atoms with Crippen LogP contribution in [0.5, 0.6) is 0 Å². The SMILES string of the molecule is CC1=CC(C)(C)N(C)c2ccc([C@@H]3[C@@H](c4ccccn4)NC(=S)N3C[C@@H]3CCCO3)cc21. The first-order valence-electron chi connectivity index (χ1n) is 11.5. The summed E-state index contributed by atoms with van der Waals surface area (Å²) in [6, 6.07) is 13.1. The van der Waals surface area contributed by atoms with Crippen LogP contribution >= 0.6 is 12.2 Å². The second-order valence-corrected chi connectivity index (χ2v) is 10.1. The molecule has 6 heteroatoms. The molecule has 0 amide bonds. The van der Waals surface area contributed by atoms with Crippen LogP contribution in [0, 0.1) is 0 Å². The lowest BCUT2D eigenvalue weighted by Gasteiger charge is -2.41. The van der Waals surface area contributed by atoms with Crippen LogP contribution in [0.4, 0.5) is 5.69 Å². The highest BCUT2D eigenvalue weighted by atomic mass is 32.1. The Kier molecular flexibility index (Phi) is 5.46. The van der Waals surface area contributed by atoms with E-state index in [1.807, 2.05) is 18.3 Å². The van der Waals surface area contributed by atoms with Crippen molar-refractivity contribution in [2.75, 3.05) is 25.1 Å². The van der Waals surface area contributed by atoms with Crippen molar-refractivity contribution >= 4 is 28.6 Å². The first-order valence-corrected chi connectivity index (χ1v) is 11.9. The van der Waals surface area contributed by atoms with E-state index in [-0.39, 0.29) is 23.7 Å². The number of likely N-dealkylation sites (N-methyl/N-ethyl adjacent to an activating group) is 1. The molecule has 2 saturated heterocycles. The highest BCUT2D eigenvalue weighted by molar-refractivity contribution is 7.80. The van der Waals surface area contributed by atoms with E-state index in [4.69, 9.17) is 17.0 Å². The minimum absolute atomic E-state index is 0.00256. The summed E-state index contributed by atoms with van der Waals surface area (Å²) in [7, 11) is 2.17. The van der Waals surface area contributed by atoms with Crippen molar-refractivity contribution in [1.29, 1.82) is 0 Å². The predicted octanol–water partition coefficient (Wildman–Crippen LogP) is 4.86. The van der Waals surface area contributed by atoms with E-state index < -0.39 is 0 Å². The van der Waals surface area contributed by atoms with E-state index in [1.165, 1.54) is 22.4 Å². The number of anilines is 1. The van der Waals surface area contributed by atoms with Crippen LogP contribution in [0.3, 0.4) is 0 Å². The van der Waals surface area contributed by atoms with Gasteiger partial charge in [0.25, 0.3) is 0 Å². The van der Waals surface area contributed by atoms with Crippen LogP contribution in [0.1, 0.15) is 62.5 Å². The zero-order chi connectivity index (χ0) is 22.5. The number of hydrogen-bond acceptors (Lipinski definition) is 4. The van der Waals surface area contributed by atoms with Crippen LogP contribution in [0.2, 0.25) is 0 Å². The van der Waals surface area contributed by atoms with Crippen LogP contribution in [-0.4, -0.2) is 46.8 Å². The summed E-state index contributed by atoms with van der Waals surface area (Å²) in [6.45, 7) is 8.38. The van der Waals surface area contributed by atoms with E-state index in [9.17, 15) is 0 Å². The largest absolute Gasteiger partial charge is 0.376 e. The van der Waals surface area contributed by atoms with Crippen molar-refractivity contribution in [3.05, 3.63) is 65.5 Å². The Morgan fingerprint density at radius 2 is 2.09 bits per heavy atom. The molecule has 1 aromatic carbocycles. The fourth-order valence-electron chi connectivity index (χ4n) is 5.33. The van der Waals surface area contributed by atoms with Gasteiger partial charge in [0, 0.05) is 37.6 Å². The summed E-state index contributed by atoms with van der Waals surface area (Å²) in [4.78, 5) is 9.35. The first kappa shape index (κ1) is 21.4. The molecule has 4 heterocycles. The number of ether oxygens (including phenoxy) is 1. The quantitative estimate of drug-likeness (QED) is 0.674. The molecule has 0 spiro atoms. The maximum atomic E-state index is 5.97. The van der Waals surface area contributed by atoms with Crippen LogP contribution < -0.4 is 10.2 Å². The molecule has 3 aliphatic rings. The second-order valence-electron chi connectivity index (χ2n) is 9.73. The number of hydrogen-bond donors (Lipinski definition) is 1. The molecule has 168 valence electrons. The van der Waals surface area contributed by atoms with Crippen molar-refractivity contribution < 1.29 is 4.74 Å². The highest BCUT2D eigenvalue weighted by Crippen LogP contribution is 2.43. The Balaban J connectivity index is 1.57. The molecule has 0 unspecified atom stereocenters. The number of benzene rings is 1. The van der Waals surface area contributed by atoms with Crippen molar-refractivity contribution in [2.45, 2.75) is 57.3 Å². The number of pyridine rings is 1. The topological polar surface area (TPSA) is 40.6 Å². The Morgan fingerprint density at radius 1 is 1.25 bits per heavy atom. The predicted molar refractivity (Wildman–Crippen MR) is 134 cm³/mol. The third kappa shape index (κ3) is 3.69. The fraction of sp³-hybridized carbons (Fsp3) is 0.462. The molecule has 2 fully saturated rings.